The molecule has 5 heteroatoms. The topological polar surface area (TPSA) is 58.1 Å². The van der Waals surface area contributed by atoms with Gasteiger partial charge in [0.15, 0.2) is 0 Å². The summed E-state index contributed by atoms with van der Waals surface area (Å²) in [6.07, 6.45) is 6.91. The Morgan fingerprint density at radius 3 is 2.54 bits per heavy atom. The summed E-state index contributed by atoms with van der Waals surface area (Å²) in [4.78, 5) is 24.5. The third-order valence-electron chi connectivity index (χ3n) is 5.30. The monoisotopic (exact) mass is 374 g/mol. The first-order valence-corrected chi connectivity index (χ1v) is 10.1. The maximum absolute atomic E-state index is 13.0. The normalized spacial score (nSPS) is 15.3. The van der Waals surface area contributed by atoms with Gasteiger partial charge in [0, 0.05) is 24.7 Å². The summed E-state index contributed by atoms with van der Waals surface area (Å²) in [6.45, 7) is 3.84. The van der Waals surface area contributed by atoms with Gasteiger partial charge >= 0.3 is 0 Å². The van der Waals surface area contributed by atoms with Crippen LogP contribution in [0.2, 0.25) is 0 Å². The van der Waals surface area contributed by atoms with Crippen molar-refractivity contribution in [1.29, 1.82) is 0 Å². The molecule has 1 aliphatic rings. The molecule has 1 amide bonds. The molecule has 0 bridgehead atoms. The number of rotatable bonds is 5. The van der Waals surface area contributed by atoms with Crippen molar-refractivity contribution in [3.63, 3.8) is 0 Å². The van der Waals surface area contributed by atoms with Crippen molar-refractivity contribution in [1.82, 2.24) is 20.2 Å². The number of hydrogen-bond acceptors (Lipinski definition) is 4. The summed E-state index contributed by atoms with van der Waals surface area (Å²) in [5, 5.41) is 3.98. The van der Waals surface area contributed by atoms with Gasteiger partial charge in [-0.25, -0.2) is 4.98 Å². The number of likely N-dealkylation sites (tertiary alicyclic amines) is 1. The molecular weight excluding hydrogens is 348 g/mol. The standard InChI is InChI=1S/C23H26N4O/c28-23(25-13-16-27-14-7-1-2-8-15-27)19-17-22(21-11-5-6-12-24-21)26-20-10-4-3-9-18(19)20/h3-6,9-12,17H,1-2,7-8,13-16H2,(H,25,28). The first-order valence-electron chi connectivity index (χ1n) is 10.1. The molecule has 3 heterocycles. The van der Waals surface area contributed by atoms with Crippen molar-refractivity contribution in [2.45, 2.75) is 25.7 Å². The van der Waals surface area contributed by atoms with Gasteiger partial charge in [0.2, 0.25) is 0 Å². The number of para-hydroxylation sites is 1. The van der Waals surface area contributed by atoms with E-state index in [1.165, 1.54) is 25.7 Å². The lowest BCUT2D eigenvalue weighted by Gasteiger charge is -2.20. The van der Waals surface area contributed by atoms with Gasteiger partial charge in [-0.3, -0.25) is 9.78 Å². The Kier molecular flexibility index (Phi) is 5.92. The third-order valence-corrected chi connectivity index (χ3v) is 5.30. The van der Waals surface area contributed by atoms with Gasteiger partial charge in [-0.15, -0.1) is 0 Å². The molecule has 0 aliphatic carbocycles. The maximum atomic E-state index is 13.0. The number of aromatic nitrogens is 2. The molecular formula is C23H26N4O. The molecule has 0 spiro atoms. The van der Waals surface area contributed by atoms with Crippen LogP contribution in [0.25, 0.3) is 22.3 Å². The van der Waals surface area contributed by atoms with Crippen molar-refractivity contribution in [3.05, 3.63) is 60.3 Å². The van der Waals surface area contributed by atoms with E-state index in [9.17, 15) is 4.79 Å². The molecule has 28 heavy (non-hydrogen) atoms. The molecule has 1 aromatic carbocycles. The molecule has 1 saturated heterocycles. The number of carbonyl (C=O) groups is 1. The molecule has 5 nitrogen and oxygen atoms in total. The average Bonchev–Trinajstić information content (AvgIpc) is 3.02. The summed E-state index contributed by atoms with van der Waals surface area (Å²) >= 11 is 0. The minimum Gasteiger partial charge on any atom is -0.351 e. The molecule has 0 unspecified atom stereocenters. The number of hydrogen-bond donors (Lipinski definition) is 1. The predicted octanol–water partition coefficient (Wildman–Crippen LogP) is 3.90. The van der Waals surface area contributed by atoms with Crippen LogP contribution in [0.3, 0.4) is 0 Å². The zero-order chi connectivity index (χ0) is 19.2. The fourth-order valence-corrected chi connectivity index (χ4v) is 3.79. The zero-order valence-corrected chi connectivity index (χ0v) is 16.1. The van der Waals surface area contributed by atoms with Gasteiger partial charge in [0.1, 0.15) is 0 Å². The second-order valence-electron chi connectivity index (χ2n) is 7.30. The SMILES string of the molecule is O=C(NCCN1CCCCCC1)c1cc(-c2ccccn2)nc2ccccc12. The predicted molar refractivity (Wildman–Crippen MR) is 112 cm³/mol. The largest absolute Gasteiger partial charge is 0.351 e. The molecule has 0 radical (unpaired) electrons. The van der Waals surface area contributed by atoms with E-state index < -0.39 is 0 Å². The summed E-state index contributed by atoms with van der Waals surface area (Å²) in [7, 11) is 0. The highest BCUT2D eigenvalue weighted by Gasteiger charge is 2.15. The van der Waals surface area contributed by atoms with Crippen LogP contribution in [0, 0.1) is 0 Å². The van der Waals surface area contributed by atoms with Crippen LogP contribution in [-0.4, -0.2) is 47.0 Å². The van der Waals surface area contributed by atoms with E-state index in [4.69, 9.17) is 4.98 Å². The molecule has 144 valence electrons. The number of pyridine rings is 2. The smallest absolute Gasteiger partial charge is 0.252 e. The van der Waals surface area contributed by atoms with Crippen LogP contribution in [-0.2, 0) is 0 Å². The minimum atomic E-state index is -0.0504. The Labute approximate surface area is 165 Å². The lowest BCUT2D eigenvalue weighted by molar-refractivity contribution is 0.0950. The zero-order valence-electron chi connectivity index (χ0n) is 16.1. The van der Waals surface area contributed by atoms with Gasteiger partial charge in [-0.05, 0) is 50.2 Å². The summed E-state index contributed by atoms with van der Waals surface area (Å²) in [5.74, 6) is -0.0504. The quantitative estimate of drug-likeness (QED) is 0.736. The highest BCUT2D eigenvalue weighted by Crippen LogP contribution is 2.23. The summed E-state index contributed by atoms with van der Waals surface area (Å²) in [6, 6.07) is 15.4. The fourth-order valence-electron chi connectivity index (χ4n) is 3.79. The lowest BCUT2D eigenvalue weighted by Crippen LogP contribution is -2.35. The van der Waals surface area contributed by atoms with Crippen LogP contribution < -0.4 is 5.32 Å². The molecule has 0 saturated carbocycles. The number of benzene rings is 1. The van der Waals surface area contributed by atoms with Gasteiger partial charge in [-0.1, -0.05) is 37.1 Å². The second-order valence-corrected chi connectivity index (χ2v) is 7.30. The molecule has 1 N–H and O–H groups in total. The molecule has 0 atom stereocenters. The lowest BCUT2D eigenvalue weighted by atomic mass is 10.1. The highest BCUT2D eigenvalue weighted by atomic mass is 16.1. The second kappa shape index (κ2) is 8.93. The maximum Gasteiger partial charge on any atom is 0.252 e. The highest BCUT2D eigenvalue weighted by molar-refractivity contribution is 6.07. The van der Waals surface area contributed by atoms with Crippen molar-refractivity contribution in [2.24, 2.45) is 0 Å². The third kappa shape index (κ3) is 4.37. The van der Waals surface area contributed by atoms with Crippen LogP contribution in [0.1, 0.15) is 36.0 Å². The van der Waals surface area contributed by atoms with E-state index in [0.29, 0.717) is 12.1 Å². The van der Waals surface area contributed by atoms with Gasteiger partial charge in [-0.2, -0.15) is 0 Å². The van der Waals surface area contributed by atoms with Crippen molar-refractivity contribution in [2.75, 3.05) is 26.2 Å². The van der Waals surface area contributed by atoms with Crippen molar-refractivity contribution >= 4 is 16.8 Å². The molecule has 1 aliphatic heterocycles. The summed E-state index contributed by atoms with van der Waals surface area (Å²) in [5.41, 5.74) is 2.95. The van der Waals surface area contributed by atoms with Crippen LogP contribution >= 0.6 is 0 Å². The van der Waals surface area contributed by atoms with Gasteiger partial charge in [0.25, 0.3) is 5.91 Å². The number of nitrogens with zero attached hydrogens (tertiary/aromatic N) is 3. The van der Waals surface area contributed by atoms with E-state index in [0.717, 1.165) is 41.9 Å². The Bertz CT molecular complexity index is 934. The number of amides is 1. The van der Waals surface area contributed by atoms with Crippen LogP contribution in [0.15, 0.2) is 54.7 Å². The van der Waals surface area contributed by atoms with E-state index in [2.05, 4.69) is 15.2 Å². The Morgan fingerprint density at radius 1 is 0.964 bits per heavy atom. The van der Waals surface area contributed by atoms with E-state index in [1.807, 2.05) is 48.5 Å². The molecule has 4 rings (SSSR count). The average molecular weight is 374 g/mol. The molecule has 3 aromatic rings. The number of carbonyl (C=O) groups excluding carboxylic acids is 1. The number of fused-ring (bicyclic) bond motifs is 1. The fraction of sp³-hybridized carbons (Fsp3) is 0.348. The van der Waals surface area contributed by atoms with Crippen LogP contribution in [0.4, 0.5) is 0 Å². The Hall–Kier alpha value is -2.79. The Morgan fingerprint density at radius 2 is 1.75 bits per heavy atom. The van der Waals surface area contributed by atoms with E-state index in [-0.39, 0.29) is 5.91 Å². The first kappa shape index (κ1) is 18.6. The minimum absolute atomic E-state index is 0.0504. The summed E-state index contributed by atoms with van der Waals surface area (Å²) < 4.78 is 0. The molecule has 2 aromatic heterocycles. The van der Waals surface area contributed by atoms with E-state index in [1.54, 1.807) is 6.20 Å². The Balaban J connectivity index is 1.53. The van der Waals surface area contributed by atoms with Gasteiger partial charge in [0.05, 0.1) is 22.5 Å². The molecule has 1 fully saturated rings. The first-order chi connectivity index (χ1) is 13.8. The number of nitrogens with one attached hydrogen (secondary N) is 1. The van der Waals surface area contributed by atoms with E-state index >= 15 is 0 Å². The van der Waals surface area contributed by atoms with Crippen LogP contribution in [0.5, 0.6) is 0 Å². The van der Waals surface area contributed by atoms with Gasteiger partial charge < -0.3 is 10.2 Å². The van der Waals surface area contributed by atoms with Crippen molar-refractivity contribution < 1.29 is 4.79 Å². The van der Waals surface area contributed by atoms with Crippen molar-refractivity contribution in [3.8, 4) is 11.4 Å².